The molecule has 1 N–H and O–H groups in total. The highest BCUT2D eigenvalue weighted by molar-refractivity contribution is 6.30. The first-order valence-electron chi connectivity index (χ1n) is 9.20. The van der Waals surface area contributed by atoms with E-state index in [9.17, 15) is 0 Å². The third-order valence-electron chi connectivity index (χ3n) is 4.45. The lowest BCUT2D eigenvalue weighted by Gasteiger charge is -2.12. The van der Waals surface area contributed by atoms with E-state index in [-0.39, 0.29) is 0 Å². The zero-order valence-electron chi connectivity index (χ0n) is 17.0. The third kappa shape index (κ3) is 4.22. The minimum atomic E-state index is 0.518. The third-order valence-corrected chi connectivity index (χ3v) is 4.70. The molecule has 0 unspecified atom stereocenters. The molecule has 0 saturated heterocycles. The SMILES string of the molecule is COc1cc(/C=N/Nc2ccc3nnc(-c4ccc(Cl)cc4)n3n2)cc(OC)c1OC. The molecule has 0 spiro atoms. The zero-order valence-corrected chi connectivity index (χ0v) is 17.8. The summed E-state index contributed by atoms with van der Waals surface area (Å²) in [6.07, 6.45) is 1.63. The standard InChI is InChI=1S/C21H19ClN6O3/c1-29-16-10-13(11-17(30-2)20(16)31-3)12-23-24-18-8-9-19-25-26-21(28(19)27-18)14-4-6-15(22)7-5-14/h4-12H,1-3H3,(H,24,27)/b23-12+. The first kappa shape index (κ1) is 20.4. The number of fused-ring (bicyclic) bond motifs is 1. The number of ether oxygens (including phenoxy) is 3. The Morgan fingerprint density at radius 3 is 2.29 bits per heavy atom. The maximum Gasteiger partial charge on any atom is 0.203 e. The van der Waals surface area contributed by atoms with Gasteiger partial charge < -0.3 is 14.2 Å². The number of halogens is 1. The topological polar surface area (TPSA) is 95.2 Å². The zero-order chi connectivity index (χ0) is 21.8. The summed E-state index contributed by atoms with van der Waals surface area (Å²) in [4.78, 5) is 0. The summed E-state index contributed by atoms with van der Waals surface area (Å²) in [5.74, 6) is 2.72. The second-order valence-corrected chi connectivity index (χ2v) is 6.78. The summed E-state index contributed by atoms with van der Waals surface area (Å²) >= 11 is 5.97. The first-order chi connectivity index (χ1) is 15.1. The summed E-state index contributed by atoms with van der Waals surface area (Å²) < 4.78 is 17.7. The van der Waals surface area contributed by atoms with Gasteiger partial charge in [0.25, 0.3) is 0 Å². The number of nitrogens with one attached hydrogen (secondary N) is 1. The monoisotopic (exact) mass is 438 g/mol. The Kier molecular flexibility index (Phi) is 5.85. The highest BCUT2D eigenvalue weighted by Gasteiger charge is 2.13. The molecule has 0 atom stereocenters. The lowest BCUT2D eigenvalue weighted by Crippen LogP contribution is -2.01. The molecule has 158 valence electrons. The fraction of sp³-hybridized carbons (Fsp3) is 0.143. The predicted octanol–water partition coefficient (Wildman–Crippen LogP) is 3.92. The van der Waals surface area contributed by atoms with Gasteiger partial charge in [-0.05, 0) is 48.5 Å². The lowest BCUT2D eigenvalue weighted by molar-refractivity contribution is 0.324. The van der Waals surface area contributed by atoms with Crippen LogP contribution in [0.5, 0.6) is 17.2 Å². The quantitative estimate of drug-likeness (QED) is 0.345. The van der Waals surface area contributed by atoms with Gasteiger partial charge >= 0.3 is 0 Å². The van der Waals surface area contributed by atoms with Crippen LogP contribution in [0.3, 0.4) is 0 Å². The maximum atomic E-state index is 5.97. The number of rotatable bonds is 7. The molecule has 4 rings (SSSR count). The average Bonchev–Trinajstić information content (AvgIpc) is 3.22. The number of hydrazone groups is 1. The molecule has 0 amide bonds. The van der Waals surface area contributed by atoms with Gasteiger partial charge in [-0.1, -0.05) is 11.6 Å². The van der Waals surface area contributed by atoms with Crippen molar-refractivity contribution in [1.82, 2.24) is 19.8 Å². The van der Waals surface area contributed by atoms with E-state index in [1.807, 2.05) is 12.1 Å². The average molecular weight is 439 g/mol. The summed E-state index contributed by atoms with van der Waals surface area (Å²) in [6, 6.07) is 14.5. The van der Waals surface area contributed by atoms with Crippen LogP contribution < -0.4 is 19.6 Å². The van der Waals surface area contributed by atoms with Crippen LogP contribution in [0.2, 0.25) is 5.02 Å². The molecule has 0 bridgehead atoms. The van der Waals surface area contributed by atoms with Crippen molar-refractivity contribution < 1.29 is 14.2 Å². The van der Waals surface area contributed by atoms with Crippen molar-refractivity contribution in [2.75, 3.05) is 26.8 Å². The molecule has 9 nitrogen and oxygen atoms in total. The minimum Gasteiger partial charge on any atom is -0.493 e. The van der Waals surface area contributed by atoms with E-state index in [0.29, 0.717) is 39.6 Å². The van der Waals surface area contributed by atoms with E-state index >= 15 is 0 Å². The summed E-state index contributed by atoms with van der Waals surface area (Å²) in [6.45, 7) is 0. The highest BCUT2D eigenvalue weighted by atomic mass is 35.5. The molecular weight excluding hydrogens is 420 g/mol. The molecule has 31 heavy (non-hydrogen) atoms. The van der Waals surface area contributed by atoms with Crippen molar-refractivity contribution in [2.24, 2.45) is 5.10 Å². The second kappa shape index (κ2) is 8.88. The molecule has 0 aliphatic rings. The molecule has 2 aromatic carbocycles. The molecule has 0 fully saturated rings. The van der Waals surface area contributed by atoms with Crippen LogP contribution in [0.25, 0.3) is 17.0 Å². The van der Waals surface area contributed by atoms with Gasteiger partial charge in [0.2, 0.25) is 5.75 Å². The van der Waals surface area contributed by atoms with Gasteiger partial charge in [-0.25, -0.2) is 0 Å². The Morgan fingerprint density at radius 1 is 0.935 bits per heavy atom. The van der Waals surface area contributed by atoms with E-state index in [4.69, 9.17) is 25.8 Å². The maximum absolute atomic E-state index is 5.97. The van der Waals surface area contributed by atoms with Crippen molar-refractivity contribution in [2.45, 2.75) is 0 Å². The predicted molar refractivity (Wildman–Crippen MR) is 119 cm³/mol. The Morgan fingerprint density at radius 2 is 1.65 bits per heavy atom. The van der Waals surface area contributed by atoms with Crippen LogP contribution >= 0.6 is 11.6 Å². The van der Waals surface area contributed by atoms with Crippen LogP contribution in [-0.2, 0) is 0 Å². The van der Waals surface area contributed by atoms with E-state index in [0.717, 1.165) is 11.1 Å². The Bertz CT molecular complexity index is 1210. The number of benzene rings is 2. The van der Waals surface area contributed by atoms with Crippen molar-refractivity contribution >= 4 is 29.3 Å². The summed E-state index contributed by atoms with van der Waals surface area (Å²) in [5, 5.41) is 17.8. The van der Waals surface area contributed by atoms with Gasteiger partial charge in [0.15, 0.2) is 28.8 Å². The Balaban J connectivity index is 1.59. The van der Waals surface area contributed by atoms with E-state index in [1.165, 1.54) is 0 Å². The van der Waals surface area contributed by atoms with Crippen molar-refractivity contribution in [3.8, 4) is 28.6 Å². The van der Waals surface area contributed by atoms with Crippen LogP contribution in [0, 0.1) is 0 Å². The largest absolute Gasteiger partial charge is 0.493 e. The fourth-order valence-corrected chi connectivity index (χ4v) is 3.10. The van der Waals surface area contributed by atoms with Gasteiger partial charge in [0, 0.05) is 16.1 Å². The van der Waals surface area contributed by atoms with Gasteiger partial charge in [-0.2, -0.15) is 9.62 Å². The molecule has 10 heteroatoms. The second-order valence-electron chi connectivity index (χ2n) is 6.35. The van der Waals surface area contributed by atoms with Crippen LogP contribution in [0.4, 0.5) is 5.82 Å². The molecule has 0 aliphatic heterocycles. The molecule has 4 aromatic rings. The van der Waals surface area contributed by atoms with Gasteiger partial charge in [0.1, 0.15) is 0 Å². The first-order valence-corrected chi connectivity index (χ1v) is 9.58. The number of anilines is 1. The van der Waals surface area contributed by atoms with E-state index in [1.54, 1.807) is 68.5 Å². The molecule has 2 heterocycles. The molecule has 0 radical (unpaired) electrons. The summed E-state index contributed by atoms with van der Waals surface area (Å²) in [5.41, 5.74) is 5.14. The Labute approximate surface area is 183 Å². The number of methoxy groups -OCH3 is 3. The fourth-order valence-electron chi connectivity index (χ4n) is 2.98. The van der Waals surface area contributed by atoms with Crippen LogP contribution in [-0.4, -0.2) is 47.4 Å². The molecular formula is C21H19ClN6O3. The molecule has 0 saturated carbocycles. The van der Waals surface area contributed by atoms with Crippen molar-refractivity contribution in [1.29, 1.82) is 0 Å². The van der Waals surface area contributed by atoms with Crippen LogP contribution in [0.15, 0.2) is 53.6 Å². The Hall–Kier alpha value is -3.85. The normalized spacial score (nSPS) is 11.1. The lowest BCUT2D eigenvalue weighted by atomic mass is 10.2. The highest BCUT2D eigenvalue weighted by Crippen LogP contribution is 2.37. The van der Waals surface area contributed by atoms with Gasteiger partial charge in [0.05, 0.1) is 27.5 Å². The van der Waals surface area contributed by atoms with Crippen molar-refractivity contribution in [3.63, 3.8) is 0 Å². The van der Waals surface area contributed by atoms with E-state index < -0.39 is 0 Å². The van der Waals surface area contributed by atoms with Gasteiger partial charge in [-0.3, -0.25) is 5.43 Å². The van der Waals surface area contributed by atoms with E-state index in [2.05, 4.69) is 25.8 Å². The molecule has 2 aromatic heterocycles. The number of nitrogens with zero attached hydrogens (tertiary/aromatic N) is 5. The number of hydrogen-bond acceptors (Lipinski definition) is 8. The number of hydrogen-bond donors (Lipinski definition) is 1. The van der Waals surface area contributed by atoms with Crippen LogP contribution in [0.1, 0.15) is 5.56 Å². The van der Waals surface area contributed by atoms with Crippen molar-refractivity contribution in [3.05, 3.63) is 59.1 Å². The smallest absolute Gasteiger partial charge is 0.203 e. The van der Waals surface area contributed by atoms with Gasteiger partial charge in [-0.15, -0.1) is 15.3 Å². The molecule has 0 aliphatic carbocycles. The number of aromatic nitrogens is 4. The summed E-state index contributed by atoms with van der Waals surface area (Å²) in [7, 11) is 4.68. The minimum absolute atomic E-state index is 0.518.